The highest BCUT2D eigenvalue weighted by Gasteiger charge is 2.13. The zero-order valence-electron chi connectivity index (χ0n) is 16.6. The van der Waals surface area contributed by atoms with Crippen molar-refractivity contribution < 1.29 is 9.18 Å². The van der Waals surface area contributed by atoms with Crippen LogP contribution in [0.1, 0.15) is 19.3 Å². The van der Waals surface area contributed by atoms with E-state index in [1.165, 1.54) is 43.2 Å². The fourth-order valence-electron chi connectivity index (χ4n) is 3.37. The van der Waals surface area contributed by atoms with Gasteiger partial charge in [0.05, 0.1) is 11.4 Å². The fraction of sp³-hybridized carbons (Fsp3) is 0.261. The zero-order chi connectivity index (χ0) is 20.8. The summed E-state index contributed by atoms with van der Waals surface area (Å²) in [5.74, 6) is 0.801. The number of amides is 1. The average molecular weight is 423 g/mol. The lowest BCUT2D eigenvalue weighted by Crippen LogP contribution is -2.30. The molecule has 4 rings (SSSR count). The van der Waals surface area contributed by atoms with Crippen LogP contribution in [0.5, 0.6) is 0 Å². The van der Waals surface area contributed by atoms with Crippen molar-refractivity contribution in [3.8, 4) is 11.3 Å². The van der Waals surface area contributed by atoms with E-state index in [-0.39, 0.29) is 17.5 Å². The summed E-state index contributed by atoms with van der Waals surface area (Å²) in [5, 5.41) is 11.6. The Morgan fingerprint density at radius 1 is 0.933 bits per heavy atom. The van der Waals surface area contributed by atoms with E-state index in [1.807, 2.05) is 36.4 Å². The minimum absolute atomic E-state index is 0.109. The molecule has 0 aliphatic carbocycles. The van der Waals surface area contributed by atoms with Gasteiger partial charge in [0.25, 0.3) is 0 Å². The summed E-state index contributed by atoms with van der Waals surface area (Å²) in [6.45, 7) is 2.09. The molecule has 1 fully saturated rings. The number of carbonyl (C=O) groups excluding carboxylic acids is 1. The molecule has 30 heavy (non-hydrogen) atoms. The first kappa shape index (κ1) is 20.3. The number of hydrogen-bond donors (Lipinski definition) is 1. The number of piperidine rings is 1. The Morgan fingerprint density at radius 3 is 2.33 bits per heavy atom. The second kappa shape index (κ2) is 9.71. The molecule has 0 unspecified atom stereocenters. The highest BCUT2D eigenvalue weighted by molar-refractivity contribution is 8.00. The summed E-state index contributed by atoms with van der Waals surface area (Å²) in [6.07, 6.45) is 3.70. The molecule has 1 aliphatic rings. The van der Waals surface area contributed by atoms with Crippen LogP contribution >= 0.6 is 11.8 Å². The highest BCUT2D eigenvalue weighted by atomic mass is 32.2. The van der Waals surface area contributed by atoms with Gasteiger partial charge in [-0.2, -0.15) is 0 Å². The number of halogens is 1. The lowest BCUT2D eigenvalue weighted by molar-refractivity contribution is -0.113. The van der Waals surface area contributed by atoms with E-state index < -0.39 is 0 Å². The SMILES string of the molecule is O=C(CSc1ccc(F)cc1)Nc1ccc(-c2ccc(N3CCCCC3)nn2)cc1. The van der Waals surface area contributed by atoms with Crippen LogP contribution in [0.15, 0.2) is 65.6 Å². The summed E-state index contributed by atoms with van der Waals surface area (Å²) in [4.78, 5) is 15.3. The predicted octanol–water partition coefficient (Wildman–Crippen LogP) is 5.00. The fourth-order valence-corrected chi connectivity index (χ4v) is 4.07. The number of nitrogens with zero attached hydrogens (tertiary/aromatic N) is 3. The number of aromatic nitrogens is 2. The predicted molar refractivity (Wildman–Crippen MR) is 119 cm³/mol. The highest BCUT2D eigenvalue weighted by Crippen LogP contribution is 2.23. The number of anilines is 2. The van der Waals surface area contributed by atoms with Crippen LogP contribution < -0.4 is 10.2 Å². The van der Waals surface area contributed by atoms with Gasteiger partial charge in [-0.3, -0.25) is 4.79 Å². The van der Waals surface area contributed by atoms with Crippen molar-refractivity contribution in [2.75, 3.05) is 29.1 Å². The number of nitrogens with one attached hydrogen (secondary N) is 1. The normalized spacial score (nSPS) is 13.8. The molecular formula is C23H23FN4OS. The van der Waals surface area contributed by atoms with E-state index in [1.54, 1.807) is 12.1 Å². The van der Waals surface area contributed by atoms with Gasteiger partial charge in [-0.25, -0.2) is 4.39 Å². The Balaban J connectivity index is 1.32. The Kier molecular flexibility index (Phi) is 6.59. The molecule has 7 heteroatoms. The van der Waals surface area contributed by atoms with Crippen molar-refractivity contribution in [2.45, 2.75) is 24.2 Å². The largest absolute Gasteiger partial charge is 0.355 e. The van der Waals surface area contributed by atoms with Crippen LogP contribution in [0.4, 0.5) is 15.9 Å². The second-order valence-electron chi connectivity index (χ2n) is 7.19. The molecule has 0 saturated carbocycles. The minimum atomic E-state index is -0.283. The molecule has 0 atom stereocenters. The third-order valence-corrected chi connectivity index (χ3v) is 5.99. The third kappa shape index (κ3) is 5.36. The van der Waals surface area contributed by atoms with Crippen LogP contribution in [0, 0.1) is 5.82 Å². The molecule has 0 radical (unpaired) electrons. The van der Waals surface area contributed by atoms with Crippen molar-refractivity contribution in [1.82, 2.24) is 10.2 Å². The first-order valence-corrected chi connectivity index (χ1v) is 11.0. The van der Waals surface area contributed by atoms with Crippen molar-refractivity contribution >= 4 is 29.2 Å². The first-order valence-electron chi connectivity index (χ1n) is 10.0. The summed E-state index contributed by atoms with van der Waals surface area (Å²) in [6, 6.07) is 17.7. The maximum absolute atomic E-state index is 12.9. The lowest BCUT2D eigenvalue weighted by Gasteiger charge is -2.27. The van der Waals surface area contributed by atoms with Gasteiger partial charge in [0.1, 0.15) is 5.82 Å². The Hall–Kier alpha value is -2.93. The standard InChI is InChI=1S/C23H23FN4OS/c24-18-6-10-20(11-7-18)30-16-23(29)25-19-8-4-17(5-9-19)21-12-13-22(27-26-21)28-14-2-1-3-15-28/h4-13H,1-3,14-16H2,(H,25,29). The Morgan fingerprint density at radius 2 is 1.67 bits per heavy atom. The van der Waals surface area contributed by atoms with Crippen molar-refractivity contribution in [2.24, 2.45) is 0 Å². The van der Waals surface area contributed by atoms with Gasteiger partial charge in [0.15, 0.2) is 5.82 Å². The number of thioether (sulfide) groups is 1. The molecule has 2 heterocycles. The maximum atomic E-state index is 12.9. The number of hydrogen-bond acceptors (Lipinski definition) is 5. The van der Waals surface area contributed by atoms with E-state index in [0.717, 1.165) is 40.7 Å². The summed E-state index contributed by atoms with van der Waals surface area (Å²) >= 11 is 1.37. The average Bonchev–Trinajstić information content (AvgIpc) is 2.80. The number of rotatable bonds is 6. The van der Waals surface area contributed by atoms with Crippen LogP contribution in [0.2, 0.25) is 0 Å². The third-order valence-electron chi connectivity index (χ3n) is 4.98. The first-order chi connectivity index (χ1) is 14.7. The van der Waals surface area contributed by atoms with E-state index in [4.69, 9.17) is 0 Å². The van der Waals surface area contributed by atoms with Gasteiger partial charge in [-0.1, -0.05) is 12.1 Å². The van der Waals surface area contributed by atoms with E-state index >= 15 is 0 Å². The van der Waals surface area contributed by atoms with Crippen LogP contribution in [-0.2, 0) is 4.79 Å². The van der Waals surface area contributed by atoms with Crippen LogP contribution in [-0.4, -0.2) is 34.9 Å². The molecular weight excluding hydrogens is 399 g/mol. The molecule has 1 amide bonds. The molecule has 154 valence electrons. The molecule has 1 aromatic heterocycles. The van der Waals surface area contributed by atoms with Gasteiger partial charge in [0, 0.05) is 29.2 Å². The molecule has 1 aliphatic heterocycles. The summed E-state index contributed by atoms with van der Waals surface area (Å²) in [7, 11) is 0. The van der Waals surface area contributed by atoms with E-state index in [0.29, 0.717) is 0 Å². The van der Waals surface area contributed by atoms with Crippen LogP contribution in [0.25, 0.3) is 11.3 Å². The van der Waals surface area contributed by atoms with Crippen molar-refractivity contribution in [1.29, 1.82) is 0 Å². The van der Waals surface area contributed by atoms with Gasteiger partial charge < -0.3 is 10.2 Å². The smallest absolute Gasteiger partial charge is 0.234 e. The number of benzene rings is 2. The van der Waals surface area contributed by atoms with Crippen LogP contribution in [0.3, 0.4) is 0 Å². The second-order valence-corrected chi connectivity index (χ2v) is 8.24. The van der Waals surface area contributed by atoms with Gasteiger partial charge in [-0.05, 0) is 67.8 Å². The maximum Gasteiger partial charge on any atom is 0.234 e. The molecule has 1 saturated heterocycles. The summed E-state index contributed by atoms with van der Waals surface area (Å²) in [5.41, 5.74) is 2.48. The molecule has 2 aromatic carbocycles. The minimum Gasteiger partial charge on any atom is -0.355 e. The topological polar surface area (TPSA) is 58.1 Å². The van der Waals surface area contributed by atoms with Crippen molar-refractivity contribution in [3.63, 3.8) is 0 Å². The molecule has 0 bridgehead atoms. The molecule has 5 nitrogen and oxygen atoms in total. The lowest BCUT2D eigenvalue weighted by atomic mass is 10.1. The summed E-state index contributed by atoms with van der Waals surface area (Å²) < 4.78 is 12.9. The monoisotopic (exact) mass is 422 g/mol. The van der Waals surface area contributed by atoms with Gasteiger partial charge in [-0.15, -0.1) is 22.0 Å². The Bertz CT molecular complexity index is 972. The molecule has 0 spiro atoms. The van der Waals surface area contributed by atoms with E-state index in [2.05, 4.69) is 20.4 Å². The van der Waals surface area contributed by atoms with Gasteiger partial charge in [0.2, 0.25) is 5.91 Å². The van der Waals surface area contributed by atoms with Gasteiger partial charge >= 0.3 is 0 Å². The molecule has 3 aromatic rings. The van der Waals surface area contributed by atoms with Crippen molar-refractivity contribution in [3.05, 3.63) is 66.5 Å². The number of carbonyl (C=O) groups is 1. The Labute approximate surface area is 179 Å². The quantitative estimate of drug-likeness (QED) is 0.566. The van der Waals surface area contributed by atoms with E-state index in [9.17, 15) is 9.18 Å². The zero-order valence-corrected chi connectivity index (χ0v) is 17.4. The molecule has 1 N–H and O–H groups in total.